The third-order valence-electron chi connectivity index (χ3n) is 4.09. The predicted octanol–water partition coefficient (Wildman–Crippen LogP) is 0.0569. The molecule has 2 rings (SSSR count). The second-order valence-corrected chi connectivity index (χ2v) is 7.70. The molecule has 2 fully saturated rings. The molecule has 1 spiro atoms. The predicted molar refractivity (Wildman–Crippen MR) is 63.3 cm³/mol. The summed E-state index contributed by atoms with van der Waals surface area (Å²) in [7, 11) is -1.84. The van der Waals surface area contributed by atoms with E-state index in [0.29, 0.717) is 25.6 Å². The van der Waals surface area contributed by atoms with Gasteiger partial charge in [-0.3, -0.25) is 9.69 Å². The summed E-state index contributed by atoms with van der Waals surface area (Å²) in [4.78, 5) is 13.8. The van der Waals surface area contributed by atoms with Gasteiger partial charge in [0.1, 0.15) is 4.75 Å². The summed E-state index contributed by atoms with van der Waals surface area (Å²) in [5.74, 6) is -0.749. The fourth-order valence-electron chi connectivity index (χ4n) is 2.85. The summed E-state index contributed by atoms with van der Waals surface area (Å²) >= 11 is 0. The SMILES string of the molecule is COC(=O)C1CCS(=O)(=O)C12CN(C(C)C)C2. The first-order chi connectivity index (χ1) is 7.84. The first-order valence-corrected chi connectivity index (χ1v) is 7.53. The van der Waals surface area contributed by atoms with Crippen molar-refractivity contribution in [3.8, 4) is 0 Å². The zero-order valence-corrected chi connectivity index (χ0v) is 11.3. The van der Waals surface area contributed by atoms with Crippen LogP contribution in [0.4, 0.5) is 0 Å². The number of hydrogen-bond acceptors (Lipinski definition) is 5. The zero-order chi connectivity index (χ0) is 12.8. The molecule has 98 valence electrons. The molecule has 0 saturated carbocycles. The average Bonchev–Trinajstić information content (AvgIpc) is 2.46. The van der Waals surface area contributed by atoms with Gasteiger partial charge in [-0.2, -0.15) is 0 Å². The van der Waals surface area contributed by atoms with E-state index in [1.807, 2.05) is 13.8 Å². The molecule has 0 amide bonds. The Morgan fingerprint density at radius 2 is 2.00 bits per heavy atom. The molecule has 5 nitrogen and oxygen atoms in total. The van der Waals surface area contributed by atoms with Crippen LogP contribution in [0.2, 0.25) is 0 Å². The number of hydrogen-bond donors (Lipinski definition) is 0. The Bertz CT molecular complexity index is 423. The Kier molecular flexibility index (Phi) is 2.98. The molecule has 17 heavy (non-hydrogen) atoms. The van der Waals surface area contributed by atoms with Crippen LogP contribution in [0.25, 0.3) is 0 Å². The second-order valence-electron chi connectivity index (χ2n) is 5.25. The summed E-state index contributed by atoms with van der Waals surface area (Å²) in [6.07, 6.45) is 0.404. The molecule has 1 unspecified atom stereocenters. The normalized spacial score (nSPS) is 30.5. The van der Waals surface area contributed by atoms with Crippen LogP contribution in [0.3, 0.4) is 0 Å². The summed E-state index contributed by atoms with van der Waals surface area (Å²) in [5, 5.41) is 0. The zero-order valence-electron chi connectivity index (χ0n) is 10.5. The molecule has 0 bridgehead atoms. The van der Waals surface area contributed by atoms with Gasteiger partial charge in [0.15, 0.2) is 9.84 Å². The molecule has 6 heteroatoms. The lowest BCUT2D eigenvalue weighted by Gasteiger charge is -2.51. The first-order valence-electron chi connectivity index (χ1n) is 5.88. The maximum atomic E-state index is 12.1. The number of rotatable bonds is 2. The number of nitrogens with zero attached hydrogens (tertiary/aromatic N) is 1. The summed E-state index contributed by atoms with van der Waals surface area (Å²) in [5.41, 5.74) is 0. The monoisotopic (exact) mass is 261 g/mol. The third kappa shape index (κ3) is 1.69. The van der Waals surface area contributed by atoms with Crippen LogP contribution < -0.4 is 0 Å². The van der Waals surface area contributed by atoms with Crippen LogP contribution in [0.5, 0.6) is 0 Å². The lowest BCUT2D eigenvalue weighted by atomic mass is 9.82. The molecule has 0 radical (unpaired) electrons. The lowest BCUT2D eigenvalue weighted by Crippen LogP contribution is -2.69. The molecule has 0 N–H and O–H groups in total. The van der Waals surface area contributed by atoms with E-state index in [1.165, 1.54) is 7.11 Å². The van der Waals surface area contributed by atoms with Crippen LogP contribution in [-0.4, -0.2) is 56.0 Å². The van der Waals surface area contributed by atoms with Gasteiger partial charge in [0.05, 0.1) is 18.8 Å². The molecule has 2 heterocycles. The molecular formula is C11H19NO4S. The Hall–Kier alpha value is -0.620. The number of sulfone groups is 1. The molecule has 0 aromatic carbocycles. The van der Waals surface area contributed by atoms with Crippen LogP contribution in [0.15, 0.2) is 0 Å². The molecular weight excluding hydrogens is 242 g/mol. The van der Waals surface area contributed by atoms with Crippen molar-refractivity contribution in [1.82, 2.24) is 4.90 Å². The van der Waals surface area contributed by atoms with Crippen LogP contribution in [0, 0.1) is 5.92 Å². The maximum Gasteiger partial charge on any atom is 0.310 e. The van der Waals surface area contributed by atoms with Crippen molar-refractivity contribution in [2.45, 2.75) is 31.1 Å². The summed E-state index contributed by atoms with van der Waals surface area (Å²) in [6, 6.07) is 0.315. The van der Waals surface area contributed by atoms with Crippen molar-refractivity contribution in [3.63, 3.8) is 0 Å². The fourth-order valence-corrected chi connectivity index (χ4v) is 5.18. The van der Waals surface area contributed by atoms with Gasteiger partial charge in [-0.05, 0) is 20.3 Å². The van der Waals surface area contributed by atoms with E-state index in [4.69, 9.17) is 4.74 Å². The summed E-state index contributed by atoms with van der Waals surface area (Å²) < 4.78 is 28.1. The van der Waals surface area contributed by atoms with E-state index < -0.39 is 20.5 Å². The molecule has 2 saturated heterocycles. The minimum Gasteiger partial charge on any atom is -0.469 e. The van der Waals surface area contributed by atoms with Crippen molar-refractivity contribution >= 4 is 15.8 Å². The standard InChI is InChI=1S/C11H19NO4S/c1-8(2)12-6-11(7-12)9(10(13)16-3)4-5-17(11,14)15/h8-9H,4-7H2,1-3H3. The average molecular weight is 261 g/mol. The van der Waals surface area contributed by atoms with E-state index in [-0.39, 0.29) is 11.7 Å². The van der Waals surface area contributed by atoms with Gasteiger partial charge in [-0.25, -0.2) is 8.42 Å². The molecule has 2 aliphatic heterocycles. The van der Waals surface area contributed by atoms with Crippen LogP contribution >= 0.6 is 0 Å². The van der Waals surface area contributed by atoms with E-state index in [9.17, 15) is 13.2 Å². The van der Waals surface area contributed by atoms with E-state index in [1.54, 1.807) is 0 Å². The molecule has 2 aliphatic rings. The number of carbonyl (C=O) groups excluding carboxylic acids is 1. The number of esters is 1. The van der Waals surface area contributed by atoms with Gasteiger partial charge < -0.3 is 4.74 Å². The van der Waals surface area contributed by atoms with Gasteiger partial charge >= 0.3 is 5.97 Å². The van der Waals surface area contributed by atoms with Crippen LogP contribution in [-0.2, 0) is 19.4 Å². The van der Waals surface area contributed by atoms with Crippen LogP contribution in [0.1, 0.15) is 20.3 Å². The van der Waals surface area contributed by atoms with E-state index in [0.717, 1.165) is 0 Å². The topological polar surface area (TPSA) is 63.7 Å². The van der Waals surface area contributed by atoms with E-state index in [2.05, 4.69) is 4.90 Å². The highest BCUT2D eigenvalue weighted by Crippen LogP contribution is 2.45. The molecule has 1 atom stereocenters. The quantitative estimate of drug-likeness (QED) is 0.658. The van der Waals surface area contributed by atoms with Crippen molar-refractivity contribution in [1.29, 1.82) is 0 Å². The highest BCUT2D eigenvalue weighted by Gasteiger charge is 2.64. The Labute approximate surface area is 102 Å². The maximum absolute atomic E-state index is 12.1. The Morgan fingerprint density at radius 1 is 1.41 bits per heavy atom. The van der Waals surface area contributed by atoms with E-state index >= 15 is 0 Å². The van der Waals surface area contributed by atoms with Gasteiger partial charge in [0.25, 0.3) is 0 Å². The van der Waals surface area contributed by atoms with Gasteiger partial charge in [-0.1, -0.05) is 0 Å². The largest absolute Gasteiger partial charge is 0.469 e. The van der Waals surface area contributed by atoms with Gasteiger partial charge in [0.2, 0.25) is 0 Å². The highest BCUT2D eigenvalue weighted by molar-refractivity contribution is 7.93. The van der Waals surface area contributed by atoms with Crippen molar-refractivity contribution in [3.05, 3.63) is 0 Å². The first kappa shape index (κ1) is 12.8. The molecule has 0 aliphatic carbocycles. The minimum atomic E-state index is -3.16. The van der Waals surface area contributed by atoms with Crippen molar-refractivity contribution in [2.75, 3.05) is 26.0 Å². The van der Waals surface area contributed by atoms with Crippen molar-refractivity contribution in [2.24, 2.45) is 5.92 Å². The van der Waals surface area contributed by atoms with Crippen molar-refractivity contribution < 1.29 is 17.9 Å². The Balaban J connectivity index is 2.26. The molecule has 0 aromatic rings. The Morgan fingerprint density at radius 3 is 2.47 bits per heavy atom. The highest BCUT2D eigenvalue weighted by atomic mass is 32.2. The number of ether oxygens (including phenoxy) is 1. The number of carbonyl (C=O) groups is 1. The smallest absolute Gasteiger partial charge is 0.310 e. The number of likely N-dealkylation sites (tertiary alicyclic amines) is 1. The van der Waals surface area contributed by atoms with Gasteiger partial charge in [-0.15, -0.1) is 0 Å². The molecule has 0 aromatic heterocycles. The van der Waals surface area contributed by atoms with Gasteiger partial charge in [0, 0.05) is 19.1 Å². The third-order valence-corrected chi connectivity index (χ3v) is 6.64. The minimum absolute atomic E-state index is 0.110. The summed E-state index contributed by atoms with van der Waals surface area (Å²) in [6.45, 7) is 4.99. The number of methoxy groups -OCH3 is 1. The lowest BCUT2D eigenvalue weighted by molar-refractivity contribution is -0.148. The fraction of sp³-hybridized carbons (Fsp3) is 0.909. The second kappa shape index (κ2) is 3.95.